The van der Waals surface area contributed by atoms with E-state index in [4.69, 9.17) is 32.7 Å². The second kappa shape index (κ2) is 11.2. The van der Waals surface area contributed by atoms with Crippen molar-refractivity contribution in [1.29, 1.82) is 0 Å². The summed E-state index contributed by atoms with van der Waals surface area (Å²) in [7, 11) is 0. The van der Waals surface area contributed by atoms with E-state index >= 15 is 0 Å². The molecule has 1 amide bonds. The topological polar surface area (TPSA) is 73.7 Å². The van der Waals surface area contributed by atoms with E-state index in [-0.39, 0.29) is 17.9 Å². The highest BCUT2D eigenvalue weighted by Crippen LogP contribution is 2.40. The third kappa shape index (κ3) is 6.10. The zero-order valence-electron chi connectivity index (χ0n) is 22.5. The Balaban J connectivity index is 1.27. The Morgan fingerprint density at radius 1 is 1.10 bits per heavy atom. The summed E-state index contributed by atoms with van der Waals surface area (Å²) in [5.41, 5.74) is 2.95. The van der Waals surface area contributed by atoms with Crippen LogP contribution in [0.5, 0.6) is 5.75 Å². The third-order valence-electron chi connectivity index (χ3n) is 7.26. The Morgan fingerprint density at radius 2 is 1.82 bits per heavy atom. The molecule has 1 aliphatic carbocycles. The van der Waals surface area contributed by atoms with Gasteiger partial charge in [0.25, 0.3) is 0 Å². The molecule has 2 heterocycles. The van der Waals surface area contributed by atoms with Crippen LogP contribution in [0.1, 0.15) is 68.5 Å². The molecule has 1 saturated heterocycles. The summed E-state index contributed by atoms with van der Waals surface area (Å²) in [6.07, 6.45) is 4.82. The molecule has 39 heavy (non-hydrogen) atoms. The number of hydrogen-bond acceptors (Lipinski definition) is 5. The van der Waals surface area contributed by atoms with Gasteiger partial charge in [-0.1, -0.05) is 53.5 Å². The van der Waals surface area contributed by atoms with Gasteiger partial charge in [-0.3, -0.25) is 4.79 Å². The molecule has 2 atom stereocenters. The van der Waals surface area contributed by atoms with Gasteiger partial charge in [0.05, 0.1) is 17.9 Å². The Hall–Kier alpha value is -3.03. The fourth-order valence-corrected chi connectivity index (χ4v) is 6.05. The van der Waals surface area contributed by atoms with Gasteiger partial charge in [-0.2, -0.15) is 9.78 Å². The molecule has 0 bridgehead atoms. The number of hydrogen-bond donors (Lipinski definition) is 0. The first-order chi connectivity index (χ1) is 18.6. The van der Waals surface area contributed by atoms with E-state index in [0.717, 1.165) is 41.6 Å². The van der Waals surface area contributed by atoms with E-state index in [9.17, 15) is 9.59 Å². The first kappa shape index (κ1) is 27.5. The molecule has 3 aromatic rings. The van der Waals surface area contributed by atoms with E-state index in [1.165, 1.54) is 4.68 Å². The van der Waals surface area contributed by atoms with Crippen molar-refractivity contribution >= 4 is 35.2 Å². The van der Waals surface area contributed by atoms with Gasteiger partial charge < -0.3 is 14.4 Å². The van der Waals surface area contributed by atoms with E-state index in [0.29, 0.717) is 41.8 Å². The van der Waals surface area contributed by atoms with Gasteiger partial charge in [-0.25, -0.2) is 4.79 Å². The molecule has 5 rings (SSSR count). The van der Waals surface area contributed by atoms with Crippen LogP contribution in [0.15, 0.2) is 48.7 Å². The van der Waals surface area contributed by atoms with Crippen LogP contribution in [0.4, 0.5) is 4.79 Å². The fourth-order valence-electron chi connectivity index (χ4n) is 5.43. The molecule has 2 aromatic carbocycles. The van der Waals surface area contributed by atoms with Crippen molar-refractivity contribution in [3.8, 4) is 5.75 Å². The predicted molar refractivity (Wildman–Crippen MR) is 150 cm³/mol. The van der Waals surface area contributed by atoms with E-state index in [1.54, 1.807) is 18.3 Å². The summed E-state index contributed by atoms with van der Waals surface area (Å²) in [6, 6.07) is 13.3. The van der Waals surface area contributed by atoms with Crippen LogP contribution in [0.2, 0.25) is 10.0 Å². The van der Waals surface area contributed by atoms with Gasteiger partial charge in [0.15, 0.2) is 0 Å². The standard InChI is InChI=1S/C30H33Cl2N3O4/c1-30(2,3)39-29(37)35-27-11-7-10-26(23(27)17-33-35)34-13-12-20(28(34)36)14-22-24(31)15-21(16-25(22)32)38-18-19-8-5-4-6-9-19/h4-6,8-9,15-17,20,26H,7,10-14,18H2,1-3H3/t20?,26-/m1/s1. The lowest BCUT2D eigenvalue weighted by molar-refractivity contribution is -0.133. The highest BCUT2D eigenvalue weighted by atomic mass is 35.5. The molecular weight excluding hydrogens is 537 g/mol. The monoisotopic (exact) mass is 569 g/mol. The number of amides is 1. The zero-order valence-corrected chi connectivity index (χ0v) is 24.0. The molecule has 1 unspecified atom stereocenters. The summed E-state index contributed by atoms with van der Waals surface area (Å²) in [6.45, 7) is 6.54. The molecule has 7 nitrogen and oxygen atoms in total. The number of aromatic nitrogens is 2. The zero-order chi connectivity index (χ0) is 27.7. The predicted octanol–water partition coefficient (Wildman–Crippen LogP) is 7.02. The Labute approximate surface area is 239 Å². The first-order valence-electron chi connectivity index (χ1n) is 13.4. The van der Waals surface area contributed by atoms with Gasteiger partial charge in [-0.05, 0) is 76.1 Å². The minimum atomic E-state index is -0.614. The summed E-state index contributed by atoms with van der Waals surface area (Å²) in [5, 5.41) is 5.33. The molecule has 0 spiro atoms. The Morgan fingerprint density at radius 3 is 2.51 bits per heavy atom. The lowest BCUT2D eigenvalue weighted by Crippen LogP contribution is -2.35. The second-order valence-corrected chi connectivity index (χ2v) is 12.0. The van der Waals surface area contributed by atoms with Gasteiger partial charge >= 0.3 is 6.09 Å². The molecule has 0 N–H and O–H groups in total. The van der Waals surface area contributed by atoms with Crippen molar-refractivity contribution in [2.24, 2.45) is 5.92 Å². The minimum absolute atomic E-state index is 0.0782. The van der Waals surface area contributed by atoms with Crippen LogP contribution in [0, 0.1) is 5.92 Å². The minimum Gasteiger partial charge on any atom is -0.489 e. The molecule has 9 heteroatoms. The molecule has 1 aliphatic heterocycles. The molecule has 1 fully saturated rings. The van der Waals surface area contributed by atoms with Crippen molar-refractivity contribution in [1.82, 2.24) is 14.7 Å². The van der Waals surface area contributed by atoms with Crippen LogP contribution in [-0.4, -0.2) is 38.8 Å². The van der Waals surface area contributed by atoms with E-state index in [2.05, 4.69) is 5.10 Å². The highest BCUT2D eigenvalue weighted by Gasteiger charge is 2.40. The Bertz CT molecular complexity index is 1340. The van der Waals surface area contributed by atoms with Crippen molar-refractivity contribution < 1.29 is 19.1 Å². The largest absolute Gasteiger partial charge is 0.489 e. The number of carbonyl (C=O) groups is 2. The molecule has 0 saturated carbocycles. The van der Waals surface area contributed by atoms with Crippen molar-refractivity contribution in [3.05, 3.63) is 81.1 Å². The SMILES string of the molecule is CC(C)(C)OC(=O)n1ncc2c1CCC[C@H]2N1CCC(Cc2c(Cl)cc(OCc3ccccc3)cc2Cl)C1=O. The summed E-state index contributed by atoms with van der Waals surface area (Å²) >= 11 is 13.3. The summed E-state index contributed by atoms with van der Waals surface area (Å²) < 4.78 is 12.8. The quantitative estimate of drug-likeness (QED) is 0.319. The lowest BCUT2D eigenvalue weighted by atomic mass is 9.91. The fraction of sp³-hybridized carbons (Fsp3) is 0.433. The maximum Gasteiger partial charge on any atom is 0.435 e. The van der Waals surface area contributed by atoms with Crippen LogP contribution in [0.25, 0.3) is 0 Å². The Kier molecular flexibility index (Phi) is 7.92. The van der Waals surface area contributed by atoms with Crippen molar-refractivity contribution in [2.75, 3.05) is 6.54 Å². The summed E-state index contributed by atoms with van der Waals surface area (Å²) in [4.78, 5) is 28.2. The number of fused-ring (bicyclic) bond motifs is 1. The normalized spacial score (nSPS) is 19.2. The van der Waals surface area contributed by atoms with Crippen LogP contribution >= 0.6 is 23.2 Å². The molecular formula is C30H33Cl2N3O4. The van der Waals surface area contributed by atoms with Gasteiger partial charge in [0.2, 0.25) is 5.91 Å². The van der Waals surface area contributed by atoms with Gasteiger partial charge in [-0.15, -0.1) is 0 Å². The third-order valence-corrected chi connectivity index (χ3v) is 7.93. The lowest BCUT2D eigenvalue weighted by Gasteiger charge is -2.31. The summed E-state index contributed by atoms with van der Waals surface area (Å²) in [5.74, 6) is 0.450. The maximum absolute atomic E-state index is 13.6. The molecule has 2 aliphatic rings. The average molecular weight is 571 g/mol. The van der Waals surface area contributed by atoms with Crippen LogP contribution in [-0.2, 0) is 29.0 Å². The smallest absolute Gasteiger partial charge is 0.435 e. The van der Waals surface area contributed by atoms with Gasteiger partial charge in [0.1, 0.15) is 18.0 Å². The molecule has 0 radical (unpaired) electrons. The average Bonchev–Trinajstić information content (AvgIpc) is 3.48. The number of rotatable bonds is 6. The number of likely N-dealkylation sites (tertiary alicyclic amines) is 1. The first-order valence-corrected chi connectivity index (χ1v) is 14.1. The maximum atomic E-state index is 13.6. The number of ether oxygens (including phenoxy) is 2. The number of benzene rings is 2. The van der Waals surface area contributed by atoms with Crippen LogP contribution in [0.3, 0.4) is 0 Å². The number of halogens is 2. The van der Waals surface area contributed by atoms with Gasteiger partial charge in [0, 0.05) is 28.1 Å². The van der Waals surface area contributed by atoms with Crippen molar-refractivity contribution in [3.63, 3.8) is 0 Å². The van der Waals surface area contributed by atoms with Crippen LogP contribution < -0.4 is 4.74 Å². The van der Waals surface area contributed by atoms with Crippen molar-refractivity contribution in [2.45, 2.75) is 71.1 Å². The second-order valence-electron chi connectivity index (χ2n) is 11.2. The highest BCUT2D eigenvalue weighted by molar-refractivity contribution is 6.36. The van der Waals surface area contributed by atoms with E-state index < -0.39 is 11.7 Å². The number of carbonyl (C=O) groups excluding carboxylic acids is 2. The molecule has 206 valence electrons. The van der Waals surface area contributed by atoms with E-state index in [1.807, 2.05) is 56.0 Å². The number of nitrogens with zero attached hydrogens (tertiary/aromatic N) is 3. The molecule has 1 aromatic heterocycles.